The van der Waals surface area contributed by atoms with E-state index in [1.54, 1.807) is 0 Å². The Morgan fingerprint density at radius 3 is 2.54 bits per heavy atom. The average molecular weight is 331 g/mol. The third-order valence-electron chi connectivity index (χ3n) is 4.72. The van der Waals surface area contributed by atoms with E-state index < -0.39 is 6.04 Å². The molecule has 0 aliphatic carbocycles. The number of carbonyl (C=O) groups excluding carboxylic acids is 2. The summed E-state index contributed by atoms with van der Waals surface area (Å²) in [6.45, 7) is 6.60. The van der Waals surface area contributed by atoms with Crippen LogP contribution in [-0.4, -0.2) is 35.8 Å². The second kappa shape index (κ2) is 8.29. The van der Waals surface area contributed by atoms with Crippen molar-refractivity contribution >= 4 is 11.8 Å². The van der Waals surface area contributed by atoms with Crippen LogP contribution in [0, 0.1) is 12.8 Å². The van der Waals surface area contributed by atoms with Gasteiger partial charge in [-0.3, -0.25) is 9.59 Å². The Labute approximate surface area is 144 Å². The second-order valence-electron chi connectivity index (χ2n) is 7.00. The van der Waals surface area contributed by atoms with Crippen molar-refractivity contribution in [1.29, 1.82) is 0 Å². The van der Waals surface area contributed by atoms with Crippen LogP contribution in [0.25, 0.3) is 0 Å². The molecule has 1 unspecified atom stereocenters. The molecule has 5 nitrogen and oxygen atoms in total. The number of carbonyl (C=O) groups is 2. The lowest BCUT2D eigenvalue weighted by Crippen LogP contribution is -2.49. The fourth-order valence-electron chi connectivity index (χ4n) is 3.05. The van der Waals surface area contributed by atoms with Crippen LogP contribution in [0.4, 0.5) is 0 Å². The summed E-state index contributed by atoms with van der Waals surface area (Å²) in [7, 11) is 0. The van der Waals surface area contributed by atoms with Gasteiger partial charge in [0.2, 0.25) is 11.8 Å². The van der Waals surface area contributed by atoms with Gasteiger partial charge in [-0.05, 0) is 37.7 Å². The zero-order chi connectivity index (χ0) is 17.7. The smallest absolute Gasteiger partial charge is 0.242 e. The summed E-state index contributed by atoms with van der Waals surface area (Å²) in [6.07, 6.45) is 3.09. The number of aryl methyl sites for hydroxylation is 1. The first-order chi connectivity index (χ1) is 11.4. The third-order valence-corrected chi connectivity index (χ3v) is 4.72. The first-order valence-corrected chi connectivity index (χ1v) is 8.79. The predicted molar refractivity (Wildman–Crippen MR) is 95.3 cm³/mol. The number of benzene rings is 1. The zero-order valence-corrected chi connectivity index (χ0v) is 14.9. The van der Waals surface area contributed by atoms with Crippen LogP contribution in [0.1, 0.15) is 50.3 Å². The van der Waals surface area contributed by atoms with Gasteiger partial charge < -0.3 is 16.0 Å². The maximum absolute atomic E-state index is 12.6. The van der Waals surface area contributed by atoms with E-state index >= 15 is 0 Å². The van der Waals surface area contributed by atoms with Crippen molar-refractivity contribution in [2.45, 2.75) is 52.1 Å². The van der Waals surface area contributed by atoms with E-state index in [1.807, 2.05) is 18.7 Å². The fourth-order valence-corrected chi connectivity index (χ4v) is 3.05. The molecule has 2 rings (SSSR count). The van der Waals surface area contributed by atoms with Gasteiger partial charge in [-0.25, -0.2) is 0 Å². The molecule has 2 amide bonds. The zero-order valence-electron chi connectivity index (χ0n) is 14.9. The molecule has 1 aromatic carbocycles. The number of piperidine rings is 1. The van der Waals surface area contributed by atoms with Crippen molar-refractivity contribution in [3.63, 3.8) is 0 Å². The molecule has 0 saturated carbocycles. The third kappa shape index (κ3) is 4.57. The first kappa shape index (κ1) is 18.5. The van der Waals surface area contributed by atoms with E-state index in [0.29, 0.717) is 0 Å². The topological polar surface area (TPSA) is 75.4 Å². The van der Waals surface area contributed by atoms with E-state index in [-0.39, 0.29) is 30.3 Å². The molecule has 24 heavy (non-hydrogen) atoms. The van der Waals surface area contributed by atoms with Gasteiger partial charge in [-0.1, -0.05) is 43.7 Å². The molecule has 5 heteroatoms. The molecular formula is C19H29N3O2. The highest BCUT2D eigenvalue weighted by atomic mass is 16.2. The second-order valence-corrected chi connectivity index (χ2v) is 7.00. The molecule has 132 valence electrons. The minimum atomic E-state index is -0.577. The van der Waals surface area contributed by atoms with E-state index in [1.165, 1.54) is 11.1 Å². The van der Waals surface area contributed by atoms with Crippen molar-refractivity contribution in [2.24, 2.45) is 11.7 Å². The van der Waals surface area contributed by atoms with E-state index in [2.05, 4.69) is 36.5 Å². The lowest BCUT2D eigenvalue weighted by atomic mass is 9.94. The lowest BCUT2D eigenvalue weighted by molar-refractivity contribution is -0.136. The first-order valence-electron chi connectivity index (χ1n) is 8.79. The highest BCUT2D eigenvalue weighted by molar-refractivity contribution is 5.87. The molecule has 2 atom stereocenters. The van der Waals surface area contributed by atoms with Crippen molar-refractivity contribution in [3.05, 3.63) is 35.4 Å². The predicted octanol–water partition coefficient (Wildman–Crippen LogP) is 2.15. The fraction of sp³-hybridized carbons (Fsp3) is 0.579. The summed E-state index contributed by atoms with van der Waals surface area (Å²) < 4.78 is 0. The van der Waals surface area contributed by atoms with Gasteiger partial charge in [0, 0.05) is 6.54 Å². The Hall–Kier alpha value is -1.88. The van der Waals surface area contributed by atoms with Gasteiger partial charge >= 0.3 is 0 Å². The number of nitrogens with one attached hydrogen (secondary N) is 1. The van der Waals surface area contributed by atoms with E-state index in [0.717, 1.165) is 25.8 Å². The standard InChI is InChI=1S/C19H29N3O2/c1-13(2)18(20)19(24)21-12-17(23)22-11-5-4-6-16(22)15-9-7-14(3)8-10-15/h7-10,13,16,18H,4-6,11-12,20H2,1-3H3,(H,21,24)/t16?,18-/m0/s1. The van der Waals surface area contributed by atoms with Gasteiger partial charge in [0.15, 0.2) is 0 Å². The van der Waals surface area contributed by atoms with Crippen LogP contribution < -0.4 is 11.1 Å². The van der Waals surface area contributed by atoms with Crippen LogP contribution in [0.3, 0.4) is 0 Å². The summed E-state index contributed by atoms with van der Waals surface area (Å²) in [6, 6.07) is 7.87. The van der Waals surface area contributed by atoms with Gasteiger partial charge in [-0.2, -0.15) is 0 Å². The number of hydrogen-bond donors (Lipinski definition) is 2. The molecular weight excluding hydrogens is 302 g/mol. The van der Waals surface area contributed by atoms with Gasteiger partial charge in [0.1, 0.15) is 0 Å². The lowest BCUT2D eigenvalue weighted by Gasteiger charge is -2.36. The van der Waals surface area contributed by atoms with Crippen LogP contribution in [0.2, 0.25) is 0 Å². The Bertz CT molecular complexity index is 568. The van der Waals surface area contributed by atoms with Crippen LogP contribution in [0.5, 0.6) is 0 Å². The van der Waals surface area contributed by atoms with Crippen molar-refractivity contribution in [1.82, 2.24) is 10.2 Å². The maximum atomic E-state index is 12.6. The molecule has 1 aromatic rings. The van der Waals surface area contributed by atoms with E-state index in [4.69, 9.17) is 5.73 Å². The molecule has 1 aliphatic heterocycles. The maximum Gasteiger partial charge on any atom is 0.242 e. The molecule has 0 spiro atoms. The minimum absolute atomic E-state index is 0.0155. The molecule has 1 fully saturated rings. The molecule has 3 N–H and O–H groups in total. The largest absolute Gasteiger partial charge is 0.346 e. The van der Waals surface area contributed by atoms with Gasteiger partial charge in [-0.15, -0.1) is 0 Å². The van der Waals surface area contributed by atoms with Gasteiger partial charge in [0.05, 0.1) is 18.6 Å². The van der Waals surface area contributed by atoms with E-state index in [9.17, 15) is 9.59 Å². The number of nitrogens with zero attached hydrogens (tertiary/aromatic N) is 1. The summed E-state index contributed by atoms with van der Waals surface area (Å²) in [5.41, 5.74) is 8.20. The minimum Gasteiger partial charge on any atom is -0.346 e. The van der Waals surface area contributed by atoms with Crippen molar-refractivity contribution in [3.8, 4) is 0 Å². The van der Waals surface area contributed by atoms with Crippen LogP contribution in [-0.2, 0) is 9.59 Å². The average Bonchev–Trinajstić information content (AvgIpc) is 2.59. The number of amides is 2. The molecule has 0 aromatic heterocycles. The Kier molecular flexibility index (Phi) is 6.37. The SMILES string of the molecule is Cc1ccc(C2CCCCN2C(=O)CNC(=O)[C@@H](N)C(C)C)cc1. The Morgan fingerprint density at radius 2 is 1.92 bits per heavy atom. The highest BCUT2D eigenvalue weighted by Crippen LogP contribution is 2.30. The number of hydrogen-bond acceptors (Lipinski definition) is 3. The summed E-state index contributed by atoms with van der Waals surface area (Å²) >= 11 is 0. The number of rotatable bonds is 5. The summed E-state index contributed by atoms with van der Waals surface area (Å²) in [5, 5.41) is 2.69. The summed E-state index contributed by atoms with van der Waals surface area (Å²) in [5.74, 6) is -0.248. The monoisotopic (exact) mass is 331 g/mol. The Morgan fingerprint density at radius 1 is 1.25 bits per heavy atom. The van der Waals surface area contributed by atoms with Crippen LogP contribution >= 0.6 is 0 Å². The van der Waals surface area contributed by atoms with Gasteiger partial charge in [0.25, 0.3) is 0 Å². The summed E-state index contributed by atoms with van der Waals surface area (Å²) in [4.78, 5) is 26.5. The quantitative estimate of drug-likeness (QED) is 0.868. The number of likely N-dealkylation sites (tertiary alicyclic amines) is 1. The molecule has 1 heterocycles. The molecule has 0 radical (unpaired) electrons. The molecule has 1 saturated heterocycles. The normalized spacial score (nSPS) is 19.2. The van der Waals surface area contributed by atoms with Crippen molar-refractivity contribution < 1.29 is 9.59 Å². The highest BCUT2D eigenvalue weighted by Gasteiger charge is 2.28. The van der Waals surface area contributed by atoms with Crippen molar-refractivity contribution in [2.75, 3.05) is 13.1 Å². The molecule has 0 bridgehead atoms. The number of nitrogens with two attached hydrogens (primary N) is 1. The van der Waals surface area contributed by atoms with Crippen LogP contribution in [0.15, 0.2) is 24.3 Å². The molecule has 1 aliphatic rings. The Balaban J connectivity index is 2.00.